The number of rotatable bonds is 5. The Morgan fingerprint density at radius 2 is 1.76 bits per heavy atom. The van der Waals surface area contributed by atoms with Gasteiger partial charge in [-0.25, -0.2) is 14.1 Å². The van der Waals surface area contributed by atoms with E-state index in [0.29, 0.717) is 21.8 Å². The van der Waals surface area contributed by atoms with Gasteiger partial charge in [0.25, 0.3) is 11.8 Å². The van der Waals surface area contributed by atoms with Crippen molar-refractivity contribution in [2.75, 3.05) is 4.90 Å². The van der Waals surface area contributed by atoms with Gasteiger partial charge in [0.05, 0.1) is 5.69 Å². The van der Waals surface area contributed by atoms with Gasteiger partial charge in [-0.1, -0.05) is 45.7 Å². The van der Waals surface area contributed by atoms with Crippen molar-refractivity contribution >= 4 is 57.1 Å². The Balaban J connectivity index is 1.68. The molecule has 1 aliphatic heterocycles. The standard InChI is InChI=1S/C24H15BrClFN2O4/c25-16-5-8-18(9-6-16)29-23(31)19(22(30)28-24(29)32)12-15-11-17(26)7-10-21(15)33-13-14-3-1-2-4-20(14)27/h1-12H,13H2,(H,28,30,32)/b19-12+. The number of benzene rings is 3. The van der Waals surface area contributed by atoms with Crippen molar-refractivity contribution < 1.29 is 23.5 Å². The van der Waals surface area contributed by atoms with E-state index in [4.69, 9.17) is 16.3 Å². The number of carbonyl (C=O) groups excluding carboxylic acids is 3. The smallest absolute Gasteiger partial charge is 0.335 e. The summed E-state index contributed by atoms with van der Waals surface area (Å²) in [6.45, 7) is -0.0753. The summed E-state index contributed by atoms with van der Waals surface area (Å²) in [5.74, 6) is -1.79. The van der Waals surface area contributed by atoms with Gasteiger partial charge < -0.3 is 4.74 Å². The fourth-order valence-corrected chi connectivity index (χ4v) is 3.62. The maximum absolute atomic E-state index is 13.9. The topological polar surface area (TPSA) is 75.7 Å². The Morgan fingerprint density at radius 1 is 1.03 bits per heavy atom. The molecule has 1 fully saturated rings. The lowest BCUT2D eigenvalue weighted by Gasteiger charge is -2.26. The van der Waals surface area contributed by atoms with Crippen LogP contribution in [0, 0.1) is 5.82 Å². The van der Waals surface area contributed by atoms with E-state index in [0.717, 1.165) is 9.37 Å². The van der Waals surface area contributed by atoms with Crippen LogP contribution in [0.5, 0.6) is 5.75 Å². The highest BCUT2D eigenvalue weighted by molar-refractivity contribution is 9.10. The molecule has 0 unspecified atom stereocenters. The molecule has 33 heavy (non-hydrogen) atoms. The molecule has 4 rings (SSSR count). The van der Waals surface area contributed by atoms with E-state index in [1.807, 2.05) is 0 Å². The number of hydrogen-bond acceptors (Lipinski definition) is 4. The molecule has 166 valence electrons. The predicted octanol–water partition coefficient (Wildman–Crippen LogP) is 5.49. The maximum Gasteiger partial charge on any atom is 0.335 e. The van der Waals surface area contributed by atoms with Gasteiger partial charge in [0.1, 0.15) is 23.7 Å². The lowest BCUT2D eigenvalue weighted by molar-refractivity contribution is -0.122. The second kappa shape index (κ2) is 9.56. The Hall–Kier alpha value is -3.49. The molecule has 0 radical (unpaired) electrons. The Labute approximate surface area is 201 Å². The van der Waals surface area contributed by atoms with Crippen molar-refractivity contribution in [2.45, 2.75) is 6.61 Å². The monoisotopic (exact) mass is 528 g/mol. The number of carbonyl (C=O) groups is 3. The van der Waals surface area contributed by atoms with Crippen LogP contribution < -0.4 is 15.0 Å². The number of ether oxygens (including phenoxy) is 1. The molecule has 3 aromatic rings. The van der Waals surface area contributed by atoms with Crippen LogP contribution in [0.2, 0.25) is 5.02 Å². The third-order valence-corrected chi connectivity index (χ3v) is 5.56. The molecule has 0 aliphatic carbocycles. The van der Waals surface area contributed by atoms with E-state index in [2.05, 4.69) is 21.2 Å². The van der Waals surface area contributed by atoms with E-state index in [1.54, 1.807) is 54.6 Å². The minimum absolute atomic E-state index is 0.0753. The lowest BCUT2D eigenvalue weighted by atomic mass is 10.1. The number of halogens is 3. The van der Waals surface area contributed by atoms with Gasteiger partial charge in [-0.15, -0.1) is 0 Å². The fourth-order valence-electron chi connectivity index (χ4n) is 3.17. The quantitative estimate of drug-likeness (QED) is 0.350. The molecule has 0 bridgehead atoms. The molecule has 3 aromatic carbocycles. The average Bonchev–Trinajstić information content (AvgIpc) is 2.78. The van der Waals surface area contributed by atoms with Crippen LogP contribution in [0.15, 0.2) is 76.8 Å². The van der Waals surface area contributed by atoms with Gasteiger partial charge in [0.2, 0.25) is 0 Å². The Morgan fingerprint density at radius 3 is 2.48 bits per heavy atom. The zero-order valence-corrected chi connectivity index (χ0v) is 19.2. The van der Waals surface area contributed by atoms with E-state index in [1.165, 1.54) is 18.2 Å². The normalized spacial score (nSPS) is 15.1. The number of anilines is 1. The highest BCUT2D eigenvalue weighted by atomic mass is 79.9. The predicted molar refractivity (Wildman–Crippen MR) is 125 cm³/mol. The zero-order valence-electron chi connectivity index (χ0n) is 16.8. The van der Waals surface area contributed by atoms with Crippen molar-refractivity contribution in [3.8, 4) is 5.75 Å². The minimum Gasteiger partial charge on any atom is -0.488 e. The number of hydrogen-bond donors (Lipinski definition) is 1. The summed E-state index contributed by atoms with van der Waals surface area (Å²) in [7, 11) is 0. The lowest BCUT2D eigenvalue weighted by Crippen LogP contribution is -2.54. The molecule has 0 aromatic heterocycles. The number of barbiturate groups is 1. The molecule has 1 aliphatic rings. The third-order valence-electron chi connectivity index (χ3n) is 4.80. The van der Waals surface area contributed by atoms with Crippen LogP contribution in [-0.4, -0.2) is 17.8 Å². The first-order valence-corrected chi connectivity index (χ1v) is 10.8. The Kier molecular flexibility index (Phi) is 6.57. The van der Waals surface area contributed by atoms with Gasteiger partial charge in [-0.2, -0.15) is 0 Å². The molecule has 1 heterocycles. The highest BCUT2D eigenvalue weighted by Crippen LogP contribution is 2.29. The summed E-state index contributed by atoms with van der Waals surface area (Å²) in [5, 5.41) is 2.50. The van der Waals surface area contributed by atoms with E-state index in [-0.39, 0.29) is 17.9 Å². The number of nitrogens with zero attached hydrogens (tertiary/aromatic N) is 1. The van der Waals surface area contributed by atoms with Crippen LogP contribution in [0.25, 0.3) is 6.08 Å². The number of nitrogens with one attached hydrogen (secondary N) is 1. The minimum atomic E-state index is -0.855. The zero-order chi connectivity index (χ0) is 23.5. The second-order valence-corrected chi connectivity index (χ2v) is 8.35. The largest absolute Gasteiger partial charge is 0.488 e. The Bertz CT molecular complexity index is 1290. The first-order valence-electron chi connectivity index (χ1n) is 9.66. The van der Waals surface area contributed by atoms with Crippen molar-refractivity contribution in [1.29, 1.82) is 0 Å². The van der Waals surface area contributed by atoms with E-state index >= 15 is 0 Å². The summed E-state index contributed by atoms with van der Waals surface area (Å²) in [6.07, 6.45) is 1.29. The van der Waals surface area contributed by atoms with Crippen LogP contribution in [0.4, 0.5) is 14.9 Å². The van der Waals surface area contributed by atoms with Crippen LogP contribution in [0.3, 0.4) is 0 Å². The van der Waals surface area contributed by atoms with Gasteiger partial charge in [0.15, 0.2) is 0 Å². The average molecular weight is 530 g/mol. The van der Waals surface area contributed by atoms with Crippen molar-refractivity contribution in [3.05, 3.63) is 98.7 Å². The molecular weight excluding hydrogens is 515 g/mol. The van der Waals surface area contributed by atoms with Gasteiger partial charge in [-0.05, 0) is 54.6 Å². The number of urea groups is 1. The first kappa shape index (κ1) is 22.7. The van der Waals surface area contributed by atoms with E-state index < -0.39 is 23.7 Å². The summed E-state index contributed by atoms with van der Waals surface area (Å²) in [4.78, 5) is 38.8. The molecule has 0 atom stereocenters. The number of imide groups is 2. The van der Waals surface area contributed by atoms with Gasteiger partial charge >= 0.3 is 6.03 Å². The van der Waals surface area contributed by atoms with Gasteiger partial charge in [0, 0.05) is 20.6 Å². The highest BCUT2D eigenvalue weighted by Gasteiger charge is 2.37. The van der Waals surface area contributed by atoms with Gasteiger partial charge in [-0.3, -0.25) is 14.9 Å². The van der Waals surface area contributed by atoms with Crippen LogP contribution in [-0.2, 0) is 16.2 Å². The first-order chi connectivity index (χ1) is 15.8. The SMILES string of the molecule is O=C1NC(=O)N(c2ccc(Br)cc2)C(=O)/C1=C/c1cc(Cl)ccc1OCc1ccccc1F. The van der Waals surface area contributed by atoms with Crippen molar-refractivity contribution in [2.24, 2.45) is 0 Å². The summed E-state index contributed by atoms with van der Waals surface area (Å²) >= 11 is 9.41. The molecule has 6 nitrogen and oxygen atoms in total. The molecular formula is C24H15BrClFN2O4. The molecule has 9 heteroatoms. The summed E-state index contributed by atoms with van der Waals surface area (Å²) in [6, 6.07) is 16.4. The fraction of sp³-hybridized carbons (Fsp3) is 0.0417. The molecule has 1 N–H and O–H groups in total. The molecule has 0 spiro atoms. The maximum atomic E-state index is 13.9. The second-order valence-electron chi connectivity index (χ2n) is 7.00. The molecule has 1 saturated heterocycles. The molecule has 0 saturated carbocycles. The van der Waals surface area contributed by atoms with Crippen molar-refractivity contribution in [1.82, 2.24) is 5.32 Å². The van der Waals surface area contributed by atoms with E-state index in [9.17, 15) is 18.8 Å². The summed E-state index contributed by atoms with van der Waals surface area (Å²) < 4.78 is 20.5. The molecule has 4 amide bonds. The van der Waals surface area contributed by atoms with Crippen LogP contribution in [0.1, 0.15) is 11.1 Å². The van der Waals surface area contributed by atoms with Crippen molar-refractivity contribution in [3.63, 3.8) is 0 Å². The third kappa shape index (κ3) is 4.97. The number of amides is 4. The summed E-state index contributed by atoms with van der Waals surface area (Å²) in [5.41, 5.74) is 0.670. The van der Waals surface area contributed by atoms with Crippen LogP contribution >= 0.6 is 27.5 Å².